The largest absolute Gasteiger partial charge is 0.386 e. The fourth-order valence-electron chi connectivity index (χ4n) is 1.52. The predicted molar refractivity (Wildman–Crippen MR) is 64.6 cm³/mol. The summed E-state index contributed by atoms with van der Waals surface area (Å²) in [6.45, 7) is 0. The summed E-state index contributed by atoms with van der Waals surface area (Å²) in [5.74, 6) is -0.0867. The van der Waals surface area contributed by atoms with Gasteiger partial charge in [0.05, 0.1) is 0 Å². The zero-order chi connectivity index (χ0) is 11.5. The maximum atomic E-state index is 11.3. The van der Waals surface area contributed by atoms with E-state index in [0.29, 0.717) is 5.56 Å². The van der Waals surface area contributed by atoms with Crippen LogP contribution in [0, 0.1) is 0 Å². The number of hydrogen-bond donors (Lipinski definition) is 1. The number of rotatable bonds is 2. The Bertz CT molecular complexity index is 428. The molecule has 5 heteroatoms. The first kappa shape index (κ1) is 11.1. The zero-order valence-corrected chi connectivity index (χ0v) is 10.3. The minimum atomic E-state index is -0.0867. The SMILES string of the molecule is CNC(=O)c1ccc([C@H]2CC(Br)=NO2)cc1. The van der Waals surface area contributed by atoms with Crippen molar-refractivity contribution < 1.29 is 9.63 Å². The number of amides is 1. The second kappa shape index (κ2) is 4.65. The highest BCUT2D eigenvalue weighted by molar-refractivity contribution is 9.18. The Morgan fingerprint density at radius 3 is 2.69 bits per heavy atom. The second-order valence-corrected chi connectivity index (χ2v) is 4.38. The molecule has 1 atom stereocenters. The summed E-state index contributed by atoms with van der Waals surface area (Å²) in [4.78, 5) is 16.5. The van der Waals surface area contributed by atoms with E-state index >= 15 is 0 Å². The monoisotopic (exact) mass is 282 g/mol. The number of carbonyl (C=O) groups is 1. The van der Waals surface area contributed by atoms with Crippen molar-refractivity contribution in [2.24, 2.45) is 5.16 Å². The highest BCUT2D eigenvalue weighted by Crippen LogP contribution is 2.28. The Kier molecular flexibility index (Phi) is 3.24. The summed E-state index contributed by atoms with van der Waals surface area (Å²) in [6.07, 6.45) is 0.687. The number of oxime groups is 1. The van der Waals surface area contributed by atoms with Gasteiger partial charge in [-0.2, -0.15) is 0 Å². The first-order chi connectivity index (χ1) is 7.70. The van der Waals surface area contributed by atoms with Crippen LogP contribution >= 0.6 is 15.9 Å². The lowest BCUT2D eigenvalue weighted by molar-refractivity contribution is 0.0856. The van der Waals surface area contributed by atoms with E-state index in [1.165, 1.54) is 0 Å². The van der Waals surface area contributed by atoms with Gasteiger partial charge in [-0.3, -0.25) is 4.79 Å². The number of halogens is 1. The van der Waals surface area contributed by atoms with E-state index in [1.807, 2.05) is 12.1 Å². The lowest BCUT2D eigenvalue weighted by Gasteiger charge is -2.08. The van der Waals surface area contributed by atoms with Crippen LogP contribution in [0.1, 0.15) is 28.4 Å². The van der Waals surface area contributed by atoms with Gasteiger partial charge >= 0.3 is 0 Å². The molecule has 0 radical (unpaired) electrons. The first-order valence-electron chi connectivity index (χ1n) is 4.91. The van der Waals surface area contributed by atoms with Crippen molar-refractivity contribution in [1.29, 1.82) is 0 Å². The molecule has 1 aliphatic heterocycles. The molecule has 1 heterocycles. The summed E-state index contributed by atoms with van der Waals surface area (Å²) in [5, 5.41) is 6.40. The van der Waals surface area contributed by atoms with Gasteiger partial charge < -0.3 is 10.2 Å². The van der Waals surface area contributed by atoms with Gasteiger partial charge in [-0.25, -0.2) is 0 Å². The van der Waals surface area contributed by atoms with E-state index < -0.39 is 0 Å². The van der Waals surface area contributed by atoms with Gasteiger partial charge in [-0.05, 0) is 33.6 Å². The lowest BCUT2D eigenvalue weighted by Crippen LogP contribution is -2.17. The molecule has 1 amide bonds. The summed E-state index contributed by atoms with van der Waals surface area (Å²) < 4.78 is 0.813. The van der Waals surface area contributed by atoms with Gasteiger partial charge in [0.2, 0.25) is 0 Å². The van der Waals surface area contributed by atoms with E-state index in [9.17, 15) is 4.79 Å². The van der Waals surface area contributed by atoms with E-state index in [0.717, 1.165) is 16.6 Å². The Hall–Kier alpha value is -1.36. The maximum Gasteiger partial charge on any atom is 0.251 e. The molecule has 0 saturated heterocycles. The molecular formula is C11H11BrN2O2. The van der Waals surface area contributed by atoms with Crippen LogP contribution in [0.2, 0.25) is 0 Å². The standard InChI is InChI=1S/C11H11BrN2O2/c1-13-11(15)8-4-2-7(3-5-8)9-6-10(12)14-16-9/h2-5,9H,6H2,1H3,(H,13,15)/t9-/m1/s1. The smallest absolute Gasteiger partial charge is 0.251 e. The highest BCUT2D eigenvalue weighted by atomic mass is 79.9. The number of nitrogens with one attached hydrogen (secondary N) is 1. The molecule has 0 spiro atoms. The van der Waals surface area contributed by atoms with Gasteiger partial charge in [-0.1, -0.05) is 17.3 Å². The van der Waals surface area contributed by atoms with Gasteiger partial charge in [0.25, 0.3) is 5.91 Å². The average Bonchev–Trinajstić information content (AvgIpc) is 2.75. The Labute approximate surface area is 102 Å². The van der Waals surface area contributed by atoms with Crippen molar-refractivity contribution in [3.05, 3.63) is 35.4 Å². The topological polar surface area (TPSA) is 50.7 Å². The molecule has 1 N–H and O–H groups in total. The van der Waals surface area contributed by atoms with Crippen LogP contribution in [-0.4, -0.2) is 17.6 Å². The molecule has 4 nitrogen and oxygen atoms in total. The quantitative estimate of drug-likeness (QED) is 0.904. The molecule has 0 aliphatic carbocycles. The summed E-state index contributed by atoms with van der Waals surface area (Å²) >= 11 is 3.29. The van der Waals surface area contributed by atoms with Crippen LogP contribution in [-0.2, 0) is 4.84 Å². The van der Waals surface area contributed by atoms with Crippen LogP contribution in [0.4, 0.5) is 0 Å². The van der Waals surface area contributed by atoms with Crippen molar-refractivity contribution >= 4 is 26.5 Å². The Morgan fingerprint density at radius 2 is 2.19 bits per heavy atom. The average molecular weight is 283 g/mol. The lowest BCUT2D eigenvalue weighted by atomic mass is 10.1. The van der Waals surface area contributed by atoms with Gasteiger partial charge in [0.15, 0.2) is 6.10 Å². The molecule has 1 aromatic carbocycles. The molecule has 16 heavy (non-hydrogen) atoms. The van der Waals surface area contributed by atoms with Crippen molar-refractivity contribution in [2.45, 2.75) is 12.5 Å². The van der Waals surface area contributed by atoms with Crippen molar-refractivity contribution in [3.8, 4) is 0 Å². The Balaban J connectivity index is 2.11. The normalized spacial score (nSPS) is 18.9. The zero-order valence-electron chi connectivity index (χ0n) is 8.74. The summed E-state index contributed by atoms with van der Waals surface area (Å²) in [6, 6.07) is 7.33. The van der Waals surface area contributed by atoms with E-state index in [2.05, 4.69) is 26.4 Å². The third kappa shape index (κ3) is 2.24. The summed E-state index contributed by atoms with van der Waals surface area (Å²) in [7, 11) is 1.61. The van der Waals surface area contributed by atoms with Crippen LogP contribution in [0.25, 0.3) is 0 Å². The van der Waals surface area contributed by atoms with E-state index in [4.69, 9.17) is 4.84 Å². The number of hydrogen-bond acceptors (Lipinski definition) is 3. The fraction of sp³-hybridized carbons (Fsp3) is 0.273. The van der Waals surface area contributed by atoms with Gasteiger partial charge in [0.1, 0.15) is 4.62 Å². The Morgan fingerprint density at radius 1 is 1.50 bits per heavy atom. The molecule has 1 aromatic rings. The molecule has 0 saturated carbocycles. The maximum absolute atomic E-state index is 11.3. The van der Waals surface area contributed by atoms with Crippen LogP contribution in [0.3, 0.4) is 0 Å². The highest BCUT2D eigenvalue weighted by Gasteiger charge is 2.21. The first-order valence-corrected chi connectivity index (χ1v) is 5.70. The molecular weight excluding hydrogens is 272 g/mol. The van der Waals surface area contributed by atoms with Crippen LogP contribution < -0.4 is 5.32 Å². The molecule has 0 unspecified atom stereocenters. The van der Waals surface area contributed by atoms with Crippen LogP contribution in [0.5, 0.6) is 0 Å². The molecule has 84 valence electrons. The molecule has 1 aliphatic rings. The minimum absolute atomic E-state index is 0.0480. The summed E-state index contributed by atoms with van der Waals surface area (Å²) in [5.41, 5.74) is 1.66. The number of nitrogens with zero attached hydrogens (tertiary/aromatic N) is 1. The minimum Gasteiger partial charge on any atom is -0.386 e. The molecule has 0 aromatic heterocycles. The third-order valence-electron chi connectivity index (χ3n) is 2.40. The number of benzene rings is 1. The molecule has 2 rings (SSSR count). The number of carbonyl (C=O) groups excluding carboxylic acids is 1. The third-order valence-corrected chi connectivity index (χ3v) is 2.87. The van der Waals surface area contributed by atoms with Crippen molar-refractivity contribution in [3.63, 3.8) is 0 Å². The molecule has 0 fully saturated rings. The van der Waals surface area contributed by atoms with Gasteiger partial charge in [-0.15, -0.1) is 0 Å². The van der Waals surface area contributed by atoms with E-state index in [-0.39, 0.29) is 12.0 Å². The molecule has 0 bridgehead atoms. The second-order valence-electron chi connectivity index (χ2n) is 3.47. The predicted octanol–water partition coefficient (Wildman–Crippen LogP) is 2.22. The van der Waals surface area contributed by atoms with E-state index in [1.54, 1.807) is 19.2 Å². The van der Waals surface area contributed by atoms with Gasteiger partial charge in [0, 0.05) is 19.0 Å². The van der Waals surface area contributed by atoms with Crippen molar-refractivity contribution in [2.75, 3.05) is 7.05 Å². The van der Waals surface area contributed by atoms with Crippen molar-refractivity contribution in [1.82, 2.24) is 5.32 Å². The van der Waals surface area contributed by atoms with Crippen LogP contribution in [0.15, 0.2) is 29.4 Å². The fourth-order valence-corrected chi connectivity index (χ4v) is 1.90.